The molecule has 0 spiro atoms. The van der Waals surface area contributed by atoms with E-state index in [9.17, 15) is 5.11 Å². The lowest BCUT2D eigenvalue weighted by molar-refractivity contribution is 0.105. The van der Waals surface area contributed by atoms with Gasteiger partial charge in [0.25, 0.3) is 0 Å². The summed E-state index contributed by atoms with van der Waals surface area (Å²) < 4.78 is 5.56. The van der Waals surface area contributed by atoms with E-state index < -0.39 is 6.10 Å². The Bertz CT molecular complexity index is 381. The third-order valence-electron chi connectivity index (χ3n) is 3.83. The smallest absolute Gasteiger partial charge is 0.119 e. The van der Waals surface area contributed by atoms with Crippen LogP contribution in [0.25, 0.3) is 0 Å². The number of hydrogen-bond donors (Lipinski definition) is 2. The quantitative estimate of drug-likeness (QED) is 0.648. The summed E-state index contributed by atoms with van der Waals surface area (Å²) in [6.45, 7) is 9.20. The van der Waals surface area contributed by atoms with Gasteiger partial charge in [-0.2, -0.15) is 0 Å². The second-order valence-electron chi connectivity index (χ2n) is 5.72. The van der Waals surface area contributed by atoms with E-state index in [2.05, 4.69) is 31.1 Å². The first-order valence-corrected chi connectivity index (χ1v) is 7.81. The minimum atomic E-state index is -0.486. The largest absolute Gasteiger partial charge is 0.491 e. The molecule has 0 radical (unpaired) electrons. The number of ether oxygens (including phenoxy) is 1. The average molecular weight is 294 g/mol. The van der Waals surface area contributed by atoms with Crippen LogP contribution in [0.2, 0.25) is 0 Å². The minimum Gasteiger partial charge on any atom is -0.491 e. The molecule has 1 aromatic carbocycles. The lowest BCUT2D eigenvalue weighted by atomic mass is 10.2. The lowest BCUT2D eigenvalue weighted by Gasteiger charge is -2.23. The van der Waals surface area contributed by atoms with Crippen molar-refractivity contribution in [2.24, 2.45) is 0 Å². The molecule has 120 valence electrons. The molecule has 0 aliphatic heterocycles. The second kappa shape index (κ2) is 9.77. The predicted molar refractivity (Wildman–Crippen MR) is 87.9 cm³/mol. The fourth-order valence-corrected chi connectivity index (χ4v) is 1.94. The van der Waals surface area contributed by atoms with Gasteiger partial charge in [0.05, 0.1) is 0 Å². The molecule has 21 heavy (non-hydrogen) atoms. The van der Waals surface area contributed by atoms with E-state index in [1.165, 1.54) is 5.56 Å². The van der Waals surface area contributed by atoms with Crippen molar-refractivity contribution in [1.82, 2.24) is 10.2 Å². The summed E-state index contributed by atoms with van der Waals surface area (Å²) in [6.07, 6.45) is 0.670. The van der Waals surface area contributed by atoms with Gasteiger partial charge in [-0.15, -0.1) is 0 Å². The Morgan fingerprint density at radius 1 is 1.29 bits per heavy atom. The van der Waals surface area contributed by atoms with Gasteiger partial charge in [-0.05, 0) is 39.4 Å². The summed E-state index contributed by atoms with van der Waals surface area (Å²) in [6, 6.07) is 8.46. The molecular weight excluding hydrogens is 264 g/mol. The molecule has 1 aromatic rings. The summed E-state index contributed by atoms with van der Waals surface area (Å²) in [5.41, 5.74) is 1.20. The van der Waals surface area contributed by atoms with Crippen LogP contribution in [0.3, 0.4) is 0 Å². The van der Waals surface area contributed by atoms with Crippen molar-refractivity contribution < 1.29 is 9.84 Å². The fourth-order valence-electron chi connectivity index (χ4n) is 1.94. The number of nitrogens with zero attached hydrogens (tertiary/aromatic N) is 1. The van der Waals surface area contributed by atoms with Crippen molar-refractivity contribution in [3.05, 3.63) is 29.8 Å². The van der Waals surface area contributed by atoms with Crippen molar-refractivity contribution in [2.45, 2.75) is 39.3 Å². The Hall–Kier alpha value is -1.10. The molecule has 0 aliphatic carbocycles. The third kappa shape index (κ3) is 7.46. The van der Waals surface area contributed by atoms with Crippen LogP contribution in [0.5, 0.6) is 5.75 Å². The van der Waals surface area contributed by atoms with Crippen LogP contribution in [0.15, 0.2) is 24.3 Å². The zero-order valence-electron chi connectivity index (χ0n) is 13.8. The van der Waals surface area contributed by atoms with Crippen LogP contribution < -0.4 is 10.1 Å². The molecule has 0 bridgehead atoms. The Labute approximate surface area is 129 Å². The molecule has 0 aliphatic rings. The van der Waals surface area contributed by atoms with Gasteiger partial charge in [0, 0.05) is 25.7 Å². The molecule has 0 saturated heterocycles. The van der Waals surface area contributed by atoms with Gasteiger partial charge >= 0.3 is 0 Å². The van der Waals surface area contributed by atoms with Gasteiger partial charge in [-0.1, -0.05) is 24.6 Å². The highest BCUT2D eigenvalue weighted by atomic mass is 16.5. The first kappa shape index (κ1) is 18.0. The number of aliphatic hydroxyl groups excluding tert-OH is 1. The molecule has 0 heterocycles. The van der Waals surface area contributed by atoms with Gasteiger partial charge in [0.2, 0.25) is 0 Å². The maximum absolute atomic E-state index is 9.88. The van der Waals surface area contributed by atoms with E-state index >= 15 is 0 Å². The molecule has 2 atom stereocenters. The monoisotopic (exact) mass is 294 g/mol. The highest BCUT2D eigenvalue weighted by Gasteiger charge is 2.07. The van der Waals surface area contributed by atoms with Crippen LogP contribution in [-0.2, 0) is 0 Å². The standard InChI is InChI=1S/C17H30N2O2/c1-5-15(3)19(4)11-10-18-12-16(20)13-21-17-8-6-14(2)7-9-17/h6-9,15-16,18,20H,5,10-13H2,1-4H3. The van der Waals surface area contributed by atoms with Crippen molar-refractivity contribution in [3.63, 3.8) is 0 Å². The predicted octanol–water partition coefficient (Wildman–Crippen LogP) is 2.05. The van der Waals surface area contributed by atoms with Crippen LogP contribution in [0, 0.1) is 6.92 Å². The van der Waals surface area contributed by atoms with Crippen molar-refractivity contribution in [2.75, 3.05) is 33.3 Å². The van der Waals surface area contributed by atoms with Gasteiger partial charge in [-0.25, -0.2) is 0 Å². The number of benzene rings is 1. The van der Waals surface area contributed by atoms with Crippen molar-refractivity contribution in [1.29, 1.82) is 0 Å². The zero-order chi connectivity index (χ0) is 15.7. The normalized spacial score (nSPS) is 14.2. The molecule has 2 unspecified atom stereocenters. The summed E-state index contributed by atoms with van der Waals surface area (Å²) in [4.78, 5) is 2.32. The SMILES string of the molecule is CCC(C)N(C)CCNCC(O)COc1ccc(C)cc1. The summed E-state index contributed by atoms with van der Waals surface area (Å²) in [5.74, 6) is 0.802. The second-order valence-corrected chi connectivity index (χ2v) is 5.72. The molecular formula is C17H30N2O2. The third-order valence-corrected chi connectivity index (χ3v) is 3.83. The van der Waals surface area contributed by atoms with Crippen LogP contribution >= 0.6 is 0 Å². The lowest BCUT2D eigenvalue weighted by Crippen LogP contribution is -2.38. The Balaban J connectivity index is 2.11. The van der Waals surface area contributed by atoms with Gasteiger partial charge in [0.15, 0.2) is 0 Å². The first-order chi connectivity index (χ1) is 10.0. The molecule has 4 heteroatoms. The Morgan fingerprint density at radius 3 is 2.57 bits per heavy atom. The highest BCUT2D eigenvalue weighted by molar-refractivity contribution is 5.26. The first-order valence-electron chi connectivity index (χ1n) is 7.81. The average Bonchev–Trinajstić information content (AvgIpc) is 2.49. The van der Waals surface area contributed by atoms with Crippen LogP contribution in [0.1, 0.15) is 25.8 Å². The maximum Gasteiger partial charge on any atom is 0.119 e. The molecule has 2 N–H and O–H groups in total. The highest BCUT2D eigenvalue weighted by Crippen LogP contribution is 2.11. The molecule has 1 rings (SSSR count). The maximum atomic E-state index is 9.88. The molecule has 4 nitrogen and oxygen atoms in total. The molecule has 0 amide bonds. The number of aliphatic hydroxyl groups is 1. The van der Waals surface area contributed by atoms with Crippen LogP contribution in [-0.4, -0.2) is 55.4 Å². The summed E-state index contributed by atoms with van der Waals surface area (Å²) >= 11 is 0. The Kier molecular flexibility index (Phi) is 8.35. The van der Waals surface area contributed by atoms with Gasteiger partial charge in [0.1, 0.15) is 18.5 Å². The molecule has 0 aromatic heterocycles. The fraction of sp³-hybridized carbons (Fsp3) is 0.647. The minimum absolute atomic E-state index is 0.317. The molecule has 0 saturated carbocycles. The number of hydrogen-bond acceptors (Lipinski definition) is 4. The van der Waals surface area contributed by atoms with Crippen molar-refractivity contribution >= 4 is 0 Å². The summed E-state index contributed by atoms with van der Waals surface area (Å²) in [7, 11) is 2.13. The van der Waals surface area contributed by atoms with E-state index in [1.54, 1.807) is 0 Å². The van der Waals surface area contributed by atoms with E-state index in [0.717, 1.165) is 25.3 Å². The van der Waals surface area contributed by atoms with Crippen LogP contribution in [0.4, 0.5) is 0 Å². The van der Waals surface area contributed by atoms with E-state index in [0.29, 0.717) is 19.2 Å². The van der Waals surface area contributed by atoms with E-state index in [4.69, 9.17) is 4.74 Å². The van der Waals surface area contributed by atoms with Gasteiger partial charge < -0.3 is 20.1 Å². The van der Waals surface area contributed by atoms with E-state index in [-0.39, 0.29) is 0 Å². The number of nitrogens with one attached hydrogen (secondary N) is 1. The summed E-state index contributed by atoms with van der Waals surface area (Å²) in [5, 5.41) is 13.2. The van der Waals surface area contributed by atoms with Gasteiger partial charge in [-0.3, -0.25) is 0 Å². The number of rotatable bonds is 10. The number of aryl methyl sites for hydroxylation is 1. The number of likely N-dealkylation sites (N-methyl/N-ethyl adjacent to an activating group) is 1. The van der Waals surface area contributed by atoms with E-state index in [1.807, 2.05) is 31.2 Å². The topological polar surface area (TPSA) is 44.7 Å². The van der Waals surface area contributed by atoms with Crippen molar-refractivity contribution in [3.8, 4) is 5.75 Å². The molecule has 0 fully saturated rings. The zero-order valence-corrected chi connectivity index (χ0v) is 13.8. The Morgan fingerprint density at radius 2 is 1.95 bits per heavy atom.